The highest BCUT2D eigenvalue weighted by Gasteiger charge is 2.27. The van der Waals surface area contributed by atoms with Gasteiger partial charge in [0.15, 0.2) is 22.9 Å². The minimum Gasteiger partial charge on any atom is -0.396 e. The second-order valence-corrected chi connectivity index (χ2v) is 14.5. The minimum absolute atomic E-state index is 0.0434. The molecule has 4 N–H and O–H groups in total. The third-order valence-corrected chi connectivity index (χ3v) is 8.31. The number of aliphatic hydroxyl groups is 2. The van der Waals surface area contributed by atoms with Crippen LogP contribution >= 0.6 is 0 Å². The Morgan fingerprint density at radius 1 is 0.640 bits per heavy atom. The van der Waals surface area contributed by atoms with Gasteiger partial charge in [0.05, 0.1) is 34.9 Å². The molecule has 10 heteroatoms. The monoisotopic (exact) mass is 674 g/mol. The standard InChI is InChI=1S/2C20H23N3O2/c2*1-20(2,3)18(25)15-11-21-19-17(15)23-16(12-22-19)14-8-4-6-13(10-14)7-5-9-24/h2*4,6,8,10-12,24H,5,7,9H2,1-3H3,(H,21,22). The highest BCUT2D eigenvalue weighted by atomic mass is 16.3. The number of rotatable bonds is 10. The summed E-state index contributed by atoms with van der Waals surface area (Å²) in [4.78, 5) is 49.6. The smallest absolute Gasteiger partial charge is 0.171 e. The summed E-state index contributed by atoms with van der Waals surface area (Å²) in [5.74, 6) is 0.0868. The van der Waals surface area contributed by atoms with E-state index in [-0.39, 0.29) is 24.8 Å². The van der Waals surface area contributed by atoms with Gasteiger partial charge < -0.3 is 20.2 Å². The van der Waals surface area contributed by atoms with Crippen LogP contribution in [-0.2, 0) is 12.8 Å². The second kappa shape index (κ2) is 15.2. The van der Waals surface area contributed by atoms with E-state index >= 15 is 0 Å². The summed E-state index contributed by atoms with van der Waals surface area (Å²) >= 11 is 0. The number of nitrogens with one attached hydrogen (secondary N) is 2. The molecule has 0 radical (unpaired) electrons. The Morgan fingerprint density at radius 3 is 1.40 bits per heavy atom. The molecule has 4 aromatic heterocycles. The molecule has 0 aliphatic carbocycles. The highest BCUT2D eigenvalue weighted by Crippen LogP contribution is 2.29. The number of carbonyl (C=O) groups is 2. The molecule has 0 saturated carbocycles. The van der Waals surface area contributed by atoms with E-state index in [1.54, 1.807) is 24.8 Å². The highest BCUT2D eigenvalue weighted by molar-refractivity contribution is 6.09. The van der Waals surface area contributed by atoms with Crippen LogP contribution in [0.4, 0.5) is 0 Å². The van der Waals surface area contributed by atoms with Crippen molar-refractivity contribution >= 4 is 33.9 Å². The Labute approximate surface area is 292 Å². The Morgan fingerprint density at radius 2 is 1.04 bits per heavy atom. The van der Waals surface area contributed by atoms with Crippen LogP contribution < -0.4 is 0 Å². The molecule has 0 amide bonds. The predicted molar refractivity (Wildman–Crippen MR) is 197 cm³/mol. The van der Waals surface area contributed by atoms with E-state index in [4.69, 9.17) is 20.2 Å². The summed E-state index contributed by atoms with van der Waals surface area (Å²) in [6.45, 7) is 11.7. The van der Waals surface area contributed by atoms with Crippen LogP contribution in [0.15, 0.2) is 73.3 Å². The van der Waals surface area contributed by atoms with E-state index in [0.717, 1.165) is 59.3 Å². The van der Waals surface area contributed by atoms with E-state index in [1.165, 1.54) is 0 Å². The molecule has 0 saturated heterocycles. The minimum atomic E-state index is -0.475. The van der Waals surface area contributed by atoms with E-state index in [0.29, 0.717) is 33.5 Å². The van der Waals surface area contributed by atoms with Gasteiger partial charge in [-0.1, -0.05) is 77.9 Å². The van der Waals surface area contributed by atoms with E-state index < -0.39 is 10.8 Å². The van der Waals surface area contributed by atoms with Crippen LogP contribution in [0.25, 0.3) is 44.8 Å². The van der Waals surface area contributed by atoms with E-state index in [1.807, 2.05) is 77.9 Å². The number of ketones is 2. The summed E-state index contributed by atoms with van der Waals surface area (Å²) in [5, 5.41) is 18.0. The van der Waals surface area contributed by atoms with Crippen molar-refractivity contribution < 1.29 is 19.8 Å². The Kier molecular flexibility index (Phi) is 11.0. The fourth-order valence-corrected chi connectivity index (χ4v) is 5.55. The van der Waals surface area contributed by atoms with E-state index in [2.05, 4.69) is 32.1 Å². The van der Waals surface area contributed by atoms with Crippen molar-refractivity contribution in [3.63, 3.8) is 0 Å². The number of aromatic amines is 2. The molecule has 0 atom stereocenters. The zero-order chi connectivity index (χ0) is 36.1. The number of Topliss-reactive ketones (excluding diaryl/α,β-unsaturated/α-hetero) is 2. The lowest BCUT2D eigenvalue weighted by molar-refractivity contribution is 0.0854. The number of hydrogen-bond donors (Lipinski definition) is 4. The maximum absolute atomic E-state index is 12.7. The maximum Gasteiger partial charge on any atom is 0.171 e. The molecular formula is C40H46N6O4. The molecule has 260 valence electrons. The first kappa shape index (κ1) is 36.2. The van der Waals surface area contributed by atoms with Crippen molar-refractivity contribution in [2.75, 3.05) is 13.2 Å². The van der Waals surface area contributed by atoms with Gasteiger partial charge in [0.1, 0.15) is 11.0 Å². The lowest BCUT2D eigenvalue weighted by Gasteiger charge is -2.15. The third-order valence-electron chi connectivity index (χ3n) is 8.31. The summed E-state index contributed by atoms with van der Waals surface area (Å²) in [6, 6.07) is 16.1. The van der Waals surface area contributed by atoms with Gasteiger partial charge in [-0.2, -0.15) is 0 Å². The van der Waals surface area contributed by atoms with Crippen LogP contribution in [0.2, 0.25) is 0 Å². The first-order chi connectivity index (χ1) is 23.8. The van der Waals surface area contributed by atoms with Crippen LogP contribution in [0.5, 0.6) is 0 Å². The molecule has 2 aromatic carbocycles. The molecule has 50 heavy (non-hydrogen) atoms. The third kappa shape index (κ3) is 8.38. The number of fused-ring (bicyclic) bond motifs is 2. The number of nitrogens with zero attached hydrogens (tertiary/aromatic N) is 4. The maximum atomic E-state index is 12.7. The topological polar surface area (TPSA) is 158 Å². The molecule has 0 spiro atoms. The van der Waals surface area contributed by atoms with Gasteiger partial charge in [-0.25, -0.2) is 19.9 Å². The molecular weight excluding hydrogens is 628 g/mol. The Hall–Kier alpha value is -5.06. The SMILES string of the molecule is CC(C)(C)C(=O)c1c[nH]c2ncc(-c3cccc(CCCO)c3)nc12.CC(C)(C)C(=O)c1c[nH]c2ncc(-c3cccc(CCCO)c3)nc12. The number of carbonyl (C=O) groups excluding carboxylic acids is 2. The van der Waals surface area contributed by atoms with Crippen molar-refractivity contribution in [2.24, 2.45) is 10.8 Å². The first-order valence-electron chi connectivity index (χ1n) is 17.0. The average molecular weight is 675 g/mol. The molecule has 6 rings (SSSR count). The van der Waals surface area contributed by atoms with Crippen LogP contribution in [-0.4, -0.2) is 64.9 Å². The van der Waals surface area contributed by atoms with Crippen molar-refractivity contribution in [1.29, 1.82) is 0 Å². The zero-order valence-electron chi connectivity index (χ0n) is 29.7. The zero-order valence-corrected chi connectivity index (χ0v) is 29.7. The van der Waals surface area contributed by atoms with Crippen LogP contribution in [0.3, 0.4) is 0 Å². The van der Waals surface area contributed by atoms with Gasteiger partial charge in [-0.15, -0.1) is 0 Å². The van der Waals surface area contributed by atoms with Gasteiger partial charge in [-0.3, -0.25) is 9.59 Å². The number of H-pyrrole nitrogens is 2. The van der Waals surface area contributed by atoms with Crippen LogP contribution in [0, 0.1) is 10.8 Å². The fraction of sp³-hybridized carbons (Fsp3) is 0.350. The molecule has 0 aliphatic heterocycles. The van der Waals surface area contributed by atoms with Gasteiger partial charge in [0.2, 0.25) is 0 Å². The molecule has 0 fully saturated rings. The van der Waals surface area contributed by atoms with Crippen molar-refractivity contribution in [3.05, 3.63) is 95.6 Å². The van der Waals surface area contributed by atoms with Crippen LogP contribution in [0.1, 0.15) is 86.2 Å². The van der Waals surface area contributed by atoms with Gasteiger partial charge in [0.25, 0.3) is 0 Å². The molecule has 0 aliphatic rings. The molecule has 4 heterocycles. The summed E-state index contributed by atoms with van der Waals surface area (Å²) in [7, 11) is 0. The summed E-state index contributed by atoms with van der Waals surface area (Å²) in [6.07, 6.45) is 9.92. The Bertz CT molecular complexity index is 1960. The molecule has 6 aromatic rings. The summed E-state index contributed by atoms with van der Waals surface area (Å²) < 4.78 is 0. The lowest BCUT2D eigenvalue weighted by atomic mass is 9.87. The number of hydrogen-bond acceptors (Lipinski definition) is 8. The van der Waals surface area contributed by atoms with Crippen molar-refractivity contribution in [2.45, 2.75) is 67.2 Å². The lowest BCUT2D eigenvalue weighted by Crippen LogP contribution is -2.20. The fourth-order valence-electron chi connectivity index (χ4n) is 5.55. The molecule has 0 unspecified atom stereocenters. The van der Waals surface area contributed by atoms with Gasteiger partial charge in [-0.05, 0) is 48.9 Å². The first-order valence-corrected chi connectivity index (χ1v) is 17.0. The van der Waals surface area contributed by atoms with Gasteiger partial charge in [0, 0.05) is 47.6 Å². The number of aromatic nitrogens is 6. The second-order valence-electron chi connectivity index (χ2n) is 14.5. The molecule has 10 nitrogen and oxygen atoms in total. The average Bonchev–Trinajstić information content (AvgIpc) is 3.72. The predicted octanol–water partition coefficient (Wildman–Crippen LogP) is 7.56. The Balaban J connectivity index is 0.000000194. The van der Waals surface area contributed by atoms with E-state index in [9.17, 15) is 9.59 Å². The quantitative estimate of drug-likeness (QED) is 0.108. The largest absolute Gasteiger partial charge is 0.396 e. The number of aliphatic hydroxyl groups excluding tert-OH is 2. The van der Waals surface area contributed by atoms with Gasteiger partial charge >= 0.3 is 0 Å². The summed E-state index contributed by atoms with van der Waals surface area (Å²) in [5.41, 5.74) is 8.34. The molecule has 0 bridgehead atoms. The van der Waals surface area contributed by atoms with Crippen molar-refractivity contribution in [1.82, 2.24) is 29.9 Å². The number of aryl methyl sites for hydroxylation is 2. The van der Waals surface area contributed by atoms with Crippen molar-refractivity contribution in [3.8, 4) is 22.5 Å². The normalized spacial score (nSPS) is 11.8. The number of benzene rings is 2.